The molecule has 1 aromatic carbocycles. The summed E-state index contributed by atoms with van der Waals surface area (Å²) in [5.41, 5.74) is 0.367. The maximum atomic E-state index is 12.7. The fourth-order valence-corrected chi connectivity index (χ4v) is 1.99. The van der Waals surface area contributed by atoms with Crippen molar-refractivity contribution in [1.29, 1.82) is 0 Å². The molecule has 20 heavy (non-hydrogen) atoms. The molecule has 0 bridgehead atoms. The Morgan fingerprint density at radius 1 is 1.15 bits per heavy atom. The van der Waals surface area contributed by atoms with Gasteiger partial charge in [0.2, 0.25) is 0 Å². The highest BCUT2D eigenvalue weighted by Gasteiger charge is 2.30. The van der Waals surface area contributed by atoms with Gasteiger partial charge in [-0.3, -0.25) is 5.10 Å². The summed E-state index contributed by atoms with van der Waals surface area (Å²) in [6.45, 7) is 0. The van der Waals surface area contributed by atoms with Gasteiger partial charge in [0.05, 0.1) is 11.8 Å². The number of fused-ring (bicyclic) bond motifs is 1. The van der Waals surface area contributed by atoms with Crippen LogP contribution in [0.2, 0.25) is 5.15 Å². The Hall–Kier alpha value is -2.15. The van der Waals surface area contributed by atoms with Crippen LogP contribution in [0.3, 0.4) is 0 Å². The molecule has 0 atom stereocenters. The number of aromatic nitrogens is 4. The van der Waals surface area contributed by atoms with E-state index in [1.54, 1.807) is 0 Å². The molecule has 0 amide bonds. The zero-order valence-corrected chi connectivity index (χ0v) is 10.5. The Bertz CT molecular complexity index is 782. The number of alkyl halides is 3. The number of nitrogens with one attached hydrogen (secondary N) is 1. The van der Waals surface area contributed by atoms with Crippen molar-refractivity contribution in [3.05, 3.63) is 41.2 Å². The molecule has 0 radical (unpaired) electrons. The molecule has 2 heterocycles. The Balaban J connectivity index is 2.15. The van der Waals surface area contributed by atoms with Gasteiger partial charge in [-0.2, -0.15) is 18.3 Å². The predicted molar refractivity (Wildman–Crippen MR) is 67.1 cm³/mol. The van der Waals surface area contributed by atoms with Crippen LogP contribution in [0.15, 0.2) is 30.5 Å². The topological polar surface area (TPSA) is 54.5 Å². The van der Waals surface area contributed by atoms with Gasteiger partial charge in [0.25, 0.3) is 0 Å². The number of rotatable bonds is 1. The molecule has 0 saturated carbocycles. The van der Waals surface area contributed by atoms with Gasteiger partial charge in [0, 0.05) is 5.56 Å². The fourth-order valence-electron chi connectivity index (χ4n) is 1.77. The monoisotopic (exact) mass is 298 g/mol. The number of nitrogens with zero attached hydrogens (tertiary/aromatic N) is 3. The van der Waals surface area contributed by atoms with Crippen molar-refractivity contribution < 1.29 is 13.2 Å². The molecule has 0 unspecified atom stereocenters. The second kappa shape index (κ2) is 4.45. The van der Waals surface area contributed by atoms with E-state index < -0.39 is 11.7 Å². The first-order valence-electron chi connectivity index (χ1n) is 5.49. The average Bonchev–Trinajstić information content (AvgIpc) is 2.87. The lowest BCUT2D eigenvalue weighted by Gasteiger charge is -2.08. The Labute approximate surface area is 115 Å². The van der Waals surface area contributed by atoms with Gasteiger partial charge < -0.3 is 0 Å². The summed E-state index contributed by atoms with van der Waals surface area (Å²) in [6, 6.07) is 4.76. The van der Waals surface area contributed by atoms with Gasteiger partial charge in [-0.25, -0.2) is 9.97 Å². The summed E-state index contributed by atoms with van der Waals surface area (Å²) in [7, 11) is 0. The molecule has 8 heteroatoms. The number of halogens is 4. The zero-order valence-electron chi connectivity index (χ0n) is 9.74. The molecule has 3 rings (SSSR count). The van der Waals surface area contributed by atoms with Crippen LogP contribution in [-0.2, 0) is 6.18 Å². The summed E-state index contributed by atoms with van der Waals surface area (Å²) in [4.78, 5) is 8.12. The van der Waals surface area contributed by atoms with Crippen molar-refractivity contribution >= 4 is 22.6 Å². The predicted octanol–water partition coefficient (Wildman–Crippen LogP) is 3.69. The van der Waals surface area contributed by atoms with Crippen molar-refractivity contribution in [2.24, 2.45) is 0 Å². The molecule has 0 aliphatic heterocycles. The molecular formula is C12H6ClF3N4. The first-order valence-corrected chi connectivity index (χ1v) is 5.87. The number of hydrogen-bond donors (Lipinski definition) is 1. The van der Waals surface area contributed by atoms with E-state index in [4.69, 9.17) is 11.6 Å². The van der Waals surface area contributed by atoms with Crippen LogP contribution in [0.5, 0.6) is 0 Å². The van der Waals surface area contributed by atoms with Crippen molar-refractivity contribution in [3.63, 3.8) is 0 Å². The minimum atomic E-state index is -4.42. The lowest BCUT2D eigenvalue weighted by Crippen LogP contribution is -2.04. The highest BCUT2D eigenvalue weighted by atomic mass is 35.5. The second-order valence-electron chi connectivity index (χ2n) is 4.05. The molecule has 102 valence electrons. The number of hydrogen-bond acceptors (Lipinski definition) is 3. The first-order chi connectivity index (χ1) is 9.45. The normalized spacial score (nSPS) is 12.0. The summed E-state index contributed by atoms with van der Waals surface area (Å²) in [5, 5.41) is 6.49. The van der Waals surface area contributed by atoms with E-state index in [2.05, 4.69) is 20.2 Å². The zero-order chi connectivity index (χ0) is 14.3. The smallest absolute Gasteiger partial charge is 0.273 e. The van der Waals surface area contributed by atoms with Crippen molar-refractivity contribution in [2.75, 3.05) is 0 Å². The minimum Gasteiger partial charge on any atom is -0.273 e. The lowest BCUT2D eigenvalue weighted by molar-refractivity contribution is -0.137. The second-order valence-corrected chi connectivity index (χ2v) is 4.40. The van der Waals surface area contributed by atoms with Gasteiger partial charge in [0.15, 0.2) is 11.0 Å². The van der Waals surface area contributed by atoms with E-state index in [0.29, 0.717) is 11.0 Å². The average molecular weight is 299 g/mol. The van der Waals surface area contributed by atoms with Gasteiger partial charge >= 0.3 is 6.18 Å². The Morgan fingerprint density at radius 2 is 1.95 bits per heavy atom. The van der Waals surface area contributed by atoms with E-state index in [0.717, 1.165) is 12.1 Å². The minimum absolute atomic E-state index is 0.111. The van der Waals surface area contributed by atoms with Crippen LogP contribution in [0.25, 0.3) is 22.4 Å². The SMILES string of the molecule is FC(F)(F)c1cccc(-c2nc(Cl)c3[nH]ncc3n2)c1. The molecule has 0 saturated heterocycles. The highest BCUT2D eigenvalue weighted by Crippen LogP contribution is 2.32. The number of aromatic amines is 1. The van der Waals surface area contributed by atoms with Crippen LogP contribution in [0.1, 0.15) is 5.56 Å². The van der Waals surface area contributed by atoms with Gasteiger partial charge in [0.1, 0.15) is 11.0 Å². The molecule has 4 nitrogen and oxygen atoms in total. The van der Waals surface area contributed by atoms with E-state index in [-0.39, 0.29) is 16.5 Å². The third kappa shape index (κ3) is 2.20. The van der Waals surface area contributed by atoms with Crippen LogP contribution < -0.4 is 0 Å². The Kier molecular flexibility index (Phi) is 2.86. The van der Waals surface area contributed by atoms with Gasteiger partial charge in [-0.15, -0.1) is 0 Å². The van der Waals surface area contributed by atoms with Gasteiger partial charge in [-0.05, 0) is 12.1 Å². The number of benzene rings is 1. The highest BCUT2D eigenvalue weighted by molar-refractivity contribution is 6.33. The summed E-state index contributed by atoms with van der Waals surface area (Å²) >= 11 is 5.94. The van der Waals surface area contributed by atoms with E-state index in [9.17, 15) is 13.2 Å². The van der Waals surface area contributed by atoms with Crippen LogP contribution in [0, 0.1) is 0 Å². The van der Waals surface area contributed by atoms with Crippen molar-refractivity contribution in [3.8, 4) is 11.4 Å². The summed E-state index contributed by atoms with van der Waals surface area (Å²) < 4.78 is 38.1. The summed E-state index contributed by atoms with van der Waals surface area (Å²) in [5.74, 6) is 0.120. The third-order valence-corrected chi connectivity index (χ3v) is 2.98. The van der Waals surface area contributed by atoms with E-state index >= 15 is 0 Å². The maximum absolute atomic E-state index is 12.7. The quantitative estimate of drug-likeness (QED) is 0.697. The van der Waals surface area contributed by atoms with Crippen LogP contribution in [-0.4, -0.2) is 20.2 Å². The largest absolute Gasteiger partial charge is 0.416 e. The molecular weight excluding hydrogens is 293 g/mol. The molecule has 0 aliphatic carbocycles. The van der Waals surface area contributed by atoms with Crippen molar-refractivity contribution in [2.45, 2.75) is 6.18 Å². The Morgan fingerprint density at radius 3 is 2.70 bits per heavy atom. The fraction of sp³-hybridized carbons (Fsp3) is 0.0833. The standard InChI is InChI=1S/C12H6ClF3N4/c13-10-9-8(5-17-20-9)18-11(19-10)6-2-1-3-7(4-6)12(14,15)16/h1-5H,(H,17,20). The molecule has 3 aromatic rings. The number of H-pyrrole nitrogens is 1. The van der Waals surface area contributed by atoms with E-state index in [1.165, 1.54) is 18.3 Å². The van der Waals surface area contributed by atoms with Gasteiger partial charge in [-0.1, -0.05) is 23.7 Å². The summed E-state index contributed by atoms with van der Waals surface area (Å²) in [6.07, 6.45) is -2.99. The van der Waals surface area contributed by atoms with E-state index in [1.807, 2.05) is 0 Å². The first kappa shape index (κ1) is 12.9. The molecule has 0 spiro atoms. The van der Waals surface area contributed by atoms with Crippen LogP contribution in [0.4, 0.5) is 13.2 Å². The lowest BCUT2D eigenvalue weighted by atomic mass is 10.1. The van der Waals surface area contributed by atoms with Crippen molar-refractivity contribution in [1.82, 2.24) is 20.2 Å². The molecule has 1 N–H and O–H groups in total. The molecule has 2 aromatic heterocycles. The maximum Gasteiger partial charge on any atom is 0.416 e. The van der Waals surface area contributed by atoms with Crippen LogP contribution >= 0.6 is 11.6 Å². The molecule has 0 aliphatic rings. The molecule has 0 fully saturated rings. The third-order valence-electron chi connectivity index (χ3n) is 2.70.